The van der Waals surface area contributed by atoms with Crippen molar-refractivity contribution < 1.29 is 13.9 Å². The minimum atomic E-state index is -0.437. The van der Waals surface area contributed by atoms with E-state index in [9.17, 15) is 13.9 Å². The van der Waals surface area contributed by atoms with Gasteiger partial charge < -0.3 is 10.4 Å². The zero-order valence-electron chi connectivity index (χ0n) is 11.3. The maximum Gasteiger partial charge on any atom is 0.127 e. The average Bonchev–Trinajstić information content (AvgIpc) is 2.40. The Balaban J connectivity index is 2.05. The number of aliphatic hydroxyl groups is 1. The second-order valence-electron chi connectivity index (χ2n) is 5.73. The van der Waals surface area contributed by atoms with Crippen LogP contribution in [0.5, 0.6) is 0 Å². The number of hydrogen-bond donors (Lipinski definition) is 2. The molecule has 1 aliphatic carbocycles. The van der Waals surface area contributed by atoms with Crippen molar-refractivity contribution in [2.75, 3.05) is 6.61 Å². The minimum Gasteiger partial charge on any atom is -0.394 e. The lowest BCUT2D eigenvalue weighted by molar-refractivity contribution is 0.0979. The lowest BCUT2D eigenvalue weighted by Crippen LogP contribution is -2.51. The van der Waals surface area contributed by atoms with Crippen LogP contribution in [0.4, 0.5) is 8.78 Å². The number of aliphatic hydroxyl groups excluding tert-OH is 1. The Hall–Kier alpha value is -1.00. The molecule has 19 heavy (non-hydrogen) atoms. The van der Waals surface area contributed by atoms with Gasteiger partial charge in [0.15, 0.2) is 0 Å². The van der Waals surface area contributed by atoms with Crippen LogP contribution in [0.15, 0.2) is 18.2 Å². The first-order valence-corrected chi connectivity index (χ1v) is 6.84. The lowest BCUT2D eigenvalue weighted by atomic mass is 9.77. The summed E-state index contributed by atoms with van der Waals surface area (Å²) in [5.74, 6) is -0.301. The van der Waals surface area contributed by atoms with E-state index in [0.29, 0.717) is 11.5 Å². The molecule has 0 aromatic heterocycles. The first-order valence-electron chi connectivity index (χ1n) is 6.84. The molecule has 0 bridgehead atoms. The third kappa shape index (κ3) is 3.51. The number of halogens is 2. The predicted octanol–water partition coefficient (Wildman–Crippen LogP) is 3.00. The summed E-state index contributed by atoms with van der Waals surface area (Å²) in [7, 11) is 0. The molecule has 106 valence electrons. The predicted molar refractivity (Wildman–Crippen MR) is 70.6 cm³/mol. The van der Waals surface area contributed by atoms with Gasteiger partial charge in [0, 0.05) is 17.6 Å². The van der Waals surface area contributed by atoms with Gasteiger partial charge in [0.25, 0.3) is 0 Å². The van der Waals surface area contributed by atoms with Crippen LogP contribution in [0.3, 0.4) is 0 Å². The van der Waals surface area contributed by atoms with Crippen molar-refractivity contribution in [3.63, 3.8) is 0 Å². The lowest BCUT2D eigenvalue weighted by Gasteiger charge is -2.39. The highest BCUT2D eigenvalue weighted by atomic mass is 19.1. The van der Waals surface area contributed by atoms with Gasteiger partial charge in [0.2, 0.25) is 0 Å². The molecule has 2 unspecified atom stereocenters. The van der Waals surface area contributed by atoms with Crippen LogP contribution in [0, 0.1) is 17.6 Å². The van der Waals surface area contributed by atoms with Gasteiger partial charge in [0.05, 0.1) is 6.61 Å². The summed E-state index contributed by atoms with van der Waals surface area (Å²) in [6.07, 6.45) is 3.98. The van der Waals surface area contributed by atoms with Crippen LogP contribution in [0.25, 0.3) is 0 Å². The molecular formula is C15H21F2NO. The summed E-state index contributed by atoms with van der Waals surface area (Å²) in [4.78, 5) is 0. The average molecular weight is 269 g/mol. The number of benzene rings is 1. The highest BCUT2D eigenvalue weighted by Gasteiger charge is 2.33. The van der Waals surface area contributed by atoms with E-state index in [1.54, 1.807) is 0 Å². The molecule has 1 aliphatic rings. The topological polar surface area (TPSA) is 32.3 Å². The van der Waals surface area contributed by atoms with E-state index in [0.717, 1.165) is 37.8 Å². The normalized spacial score (nSPS) is 27.5. The molecule has 1 saturated carbocycles. The van der Waals surface area contributed by atoms with E-state index in [-0.39, 0.29) is 18.7 Å². The van der Waals surface area contributed by atoms with E-state index in [1.807, 2.05) is 0 Å². The third-order valence-electron chi connectivity index (χ3n) is 4.06. The Kier molecular flexibility index (Phi) is 4.53. The van der Waals surface area contributed by atoms with Crippen LogP contribution in [-0.2, 0) is 6.54 Å². The molecule has 1 aromatic rings. The third-order valence-corrected chi connectivity index (χ3v) is 4.06. The van der Waals surface area contributed by atoms with Crippen molar-refractivity contribution in [1.29, 1.82) is 0 Å². The summed E-state index contributed by atoms with van der Waals surface area (Å²) in [6.45, 7) is 2.44. The summed E-state index contributed by atoms with van der Waals surface area (Å²) in [6, 6.07) is 3.46. The fourth-order valence-corrected chi connectivity index (χ4v) is 2.98. The van der Waals surface area contributed by atoms with Crippen LogP contribution < -0.4 is 5.32 Å². The first-order chi connectivity index (χ1) is 9.04. The van der Waals surface area contributed by atoms with Crippen molar-refractivity contribution >= 4 is 0 Å². The maximum atomic E-state index is 13.6. The molecule has 1 aromatic carbocycles. The van der Waals surface area contributed by atoms with Crippen LogP contribution in [-0.4, -0.2) is 17.3 Å². The Morgan fingerprint density at radius 2 is 2.21 bits per heavy atom. The summed E-state index contributed by atoms with van der Waals surface area (Å²) >= 11 is 0. The van der Waals surface area contributed by atoms with Gasteiger partial charge >= 0.3 is 0 Å². The van der Waals surface area contributed by atoms with Gasteiger partial charge in [-0.3, -0.25) is 0 Å². The SMILES string of the molecule is CC1CCCC(CO)(NCc2cc(F)ccc2F)C1. The van der Waals surface area contributed by atoms with E-state index < -0.39 is 11.6 Å². The number of rotatable bonds is 4. The molecule has 2 atom stereocenters. The maximum absolute atomic E-state index is 13.6. The second-order valence-corrected chi connectivity index (χ2v) is 5.73. The summed E-state index contributed by atoms with van der Waals surface area (Å²) in [5.41, 5.74) is -0.0396. The quantitative estimate of drug-likeness (QED) is 0.880. The number of hydrogen-bond acceptors (Lipinski definition) is 2. The summed E-state index contributed by atoms with van der Waals surface area (Å²) in [5, 5.41) is 12.9. The van der Waals surface area contributed by atoms with Crippen molar-refractivity contribution in [2.45, 2.75) is 44.7 Å². The molecule has 2 nitrogen and oxygen atoms in total. The zero-order valence-corrected chi connectivity index (χ0v) is 11.3. The van der Waals surface area contributed by atoms with E-state index in [1.165, 1.54) is 6.07 Å². The molecule has 0 saturated heterocycles. The van der Waals surface area contributed by atoms with Crippen LogP contribution in [0.2, 0.25) is 0 Å². The largest absolute Gasteiger partial charge is 0.394 e. The summed E-state index contributed by atoms with van der Waals surface area (Å²) < 4.78 is 26.7. The molecular weight excluding hydrogens is 248 g/mol. The fourth-order valence-electron chi connectivity index (χ4n) is 2.98. The Morgan fingerprint density at radius 1 is 1.42 bits per heavy atom. The van der Waals surface area contributed by atoms with Gasteiger partial charge in [-0.2, -0.15) is 0 Å². The smallest absolute Gasteiger partial charge is 0.127 e. The minimum absolute atomic E-state index is 0.0360. The molecule has 1 fully saturated rings. The van der Waals surface area contributed by atoms with Crippen molar-refractivity contribution in [3.8, 4) is 0 Å². The van der Waals surface area contributed by atoms with Crippen molar-refractivity contribution in [3.05, 3.63) is 35.4 Å². The standard InChI is InChI=1S/C15H21F2NO/c1-11-3-2-6-15(8-11,10-19)18-9-12-7-13(16)4-5-14(12)17/h4-5,7,11,18-19H,2-3,6,8-10H2,1H3. The van der Waals surface area contributed by atoms with E-state index in [2.05, 4.69) is 12.2 Å². The van der Waals surface area contributed by atoms with E-state index >= 15 is 0 Å². The second kappa shape index (κ2) is 5.97. The number of nitrogens with one attached hydrogen (secondary N) is 1. The highest BCUT2D eigenvalue weighted by molar-refractivity contribution is 5.19. The van der Waals surface area contributed by atoms with Gasteiger partial charge in [0.1, 0.15) is 11.6 Å². The van der Waals surface area contributed by atoms with Gasteiger partial charge in [-0.1, -0.05) is 19.8 Å². The molecule has 0 radical (unpaired) electrons. The molecule has 0 amide bonds. The van der Waals surface area contributed by atoms with Gasteiger partial charge in [-0.05, 0) is 37.0 Å². The highest BCUT2D eigenvalue weighted by Crippen LogP contribution is 2.32. The Bertz CT molecular complexity index is 438. The molecule has 4 heteroatoms. The van der Waals surface area contributed by atoms with Crippen LogP contribution in [0.1, 0.15) is 38.2 Å². The van der Waals surface area contributed by atoms with Crippen LogP contribution >= 0.6 is 0 Å². The monoisotopic (exact) mass is 269 g/mol. The Morgan fingerprint density at radius 3 is 2.89 bits per heavy atom. The van der Waals surface area contributed by atoms with Gasteiger partial charge in [-0.25, -0.2) is 8.78 Å². The molecule has 2 N–H and O–H groups in total. The fraction of sp³-hybridized carbons (Fsp3) is 0.600. The van der Waals surface area contributed by atoms with Crippen molar-refractivity contribution in [1.82, 2.24) is 5.32 Å². The molecule has 0 heterocycles. The Labute approximate surface area is 112 Å². The zero-order chi connectivity index (χ0) is 13.9. The molecule has 0 aliphatic heterocycles. The van der Waals surface area contributed by atoms with Gasteiger partial charge in [-0.15, -0.1) is 0 Å². The van der Waals surface area contributed by atoms with E-state index in [4.69, 9.17) is 0 Å². The molecule has 0 spiro atoms. The first kappa shape index (κ1) is 14.4. The van der Waals surface area contributed by atoms with Crippen molar-refractivity contribution in [2.24, 2.45) is 5.92 Å². The molecule has 2 rings (SSSR count).